The summed E-state index contributed by atoms with van der Waals surface area (Å²) in [4.78, 5) is 7.57. The lowest BCUT2D eigenvalue weighted by Crippen LogP contribution is -2.29. The molecular formula is C22H26N2S. The number of hydrogen-bond acceptors (Lipinski definition) is 2. The number of fused-ring (bicyclic) bond motifs is 1. The highest BCUT2D eigenvalue weighted by atomic mass is 32.1. The van der Waals surface area contributed by atoms with E-state index in [1.165, 1.54) is 65.8 Å². The lowest BCUT2D eigenvalue weighted by molar-refractivity contribution is 0.295. The molecule has 130 valence electrons. The molecule has 1 N–H and O–H groups in total. The molecule has 1 aromatic carbocycles. The summed E-state index contributed by atoms with van der Waals surface area (Å²) in [7, 11) is 0. The summed E-state index contributed by atoms with van der Waals surface area (Å²) in [5.74, 6) is 0. The monoisotopic (exact) mass is 350 g/mol. The molecule has 0 amide bonds. The molecule has 3 heteroatoms. The van der Waals surface area contributed by atoms with E-state index >= 15 is 0 Å². The van der Waals surface area contributed by atoms with Crippen molar-refractivity contribution in [2.24, 2.45) is 0 Å². The van der Waals surface area contributed by atoms with Crippen LogP contribution in [0.3, 0.4) is 0 Å². The van der Waals surface area contributed by atoms with E-state index in [9.17, 15) is 0 Å². The normalized spacial score (nSPS) is 15.6. The van der Waals surface area contributed by atoms with Gasteiger partial charge < -0.3 is 4.98 Å². The number of thiophene rings is 1. The Morgan fingerprint density at radius 2 is 2.04 bits per heavy atom. The van der Waals surface area contributed by atoms with Gasteiger partial charge in [-0.2, -0.15) is 0 Å². The summed E-state index contributed by atoms with van der Waals surface area (Å²) in [6.45, 7) is 5.74. The molecule has 1 aliphatic rings. The Balaban J connectivity index is 1.27. The predicted octanol–water partition coefficient (Wildman–Crippen LogP) is 5.65. The predicted molar refractivity (Wildman–Crippen MR) is 109 cm³/mol. The Bertz CT molecular complexity index is 857. The summed E-state index contributed by atoms with van der Waals surface area (Å²) >= 11 is 1.86. The number of nitrogens with one attached hydrogen (secondary N) is 1. The van der Waals surface area contributed by atoms with Crippen LogP contribution in [0.5, 0.6) is 0 Å². The number of aromatic amines is 1. The van der Waals surface area contributed by atoms with Gasteiger partial charge in [0.25, 0.3) is 0 Å². The summed E-state index contributed by atoms with van der Waals surface area (Å²) < 4.78 is 0. The second kappa shape index (κ2) is 7.59. The third-order valence-electron chi connectivity index (χ3n) is 5.31. The van der Waals surface area contributed by atoms with Crippen molar-refractivity contribution >= 4 is 27.8 Å². The van der Waals surface area contributed by atoms with Crippen LogP contribution in [-0.2, 0) is 6.42 Å². The fourth-order valence-corrected chi connectivity index (χ4v) is 4.69. The number of aromatic nitrogens is 1. The minimum Gasteiger partial charge on any atom is -0.358 e. The van der Waals surface area contributed by atoms with E-state index < -0.39 is 0 Å². The van der Waals surface area contributed by atoms with Crippen molar-refractivity contribution in [3.05, 3.63) is 64.0 Å². The number of rotatable bonds is 6. The Hall–Kier alpha value is -1.84. The van der Waals surface area contributed by atoms with Gasteiger partial charge in [-0.3, -0.25) is 4.90 Å². The van der Waals surface area contributed by atoms with Crippen LogP contribution in [0.15, 0.2) is 47.9 Å². The zero-order valence-corrected chi connectivity index (χ0v) is 15.7. The average Bonchev–Trinajstić information content (AvgIpc) is 3.27. The average molecular weight is 351 g/mol. The van der Waals surface area contributed by atoms with Gasteiger partial charge in [-0.25, -0.2) is 0 Å². The molecule has 0 bridgehead atoms. The Labute approximate surface area is 154 Å². The fraction of sp³-hybridized carbons (Fsp3) is 0.364. The van der Waals surface area contributed by atoms with E-state index in [1.54, 1.807) is 5.57 Å². The van der Waals surface area contributed by atoms with Crippen LogP contribution in [0, 0.1) is 6.92 Å². The summed E-state index contributed by atoms with van der Waals surface area (Å²) in [5, 5.41) is 3.58. The number of para-hydroxylation sites is 1. The maximum atomic E-state index is 3.52. The van der Waals surface area contributed by atoms with Gasteiger partial charge in [0.15, 0.2) is 0 Å². The summed E-state index contributed by atoms with van der Waals surface area (Å²) in [6, 6.07) is 13.1. The standard InChI is InChI=1S/C22H26N2S/c1-17-19(20-8-2-3-9-21(20)23-17)7-4-5-13-24-14-11-18(12-15-24)22-10-6-16-25-22/h2-3,6,8-11,16,23H,4-5,7,12-15H2,1H3. The molecule has 2 nitrogen and oxygen atoms in total. The quantitative estimate of drug-likeness (QED) is 0.569. The zero-order valence-electron chi connectivity index (χ0n) is 14.9. The first-order chi connectivity index (χ1) is 12.3. The molecule has 0 aliphatic carbocycles. The lowest BCUT2D eigenvalue weighted by atomic mass is 10.0. The molecule has 0 spiro atoms. The smallest absolute Gasteiger partial charge is 0.0458 e. The molecular weight excluding hydrogens is 324 g/mol. The van der Waals surface area contributed by atoms with Crippen LogP contribution >= 0.6 is 11.3 Å². The first-order valence-electron chi connectivity index (χ1n) is 9.33. The van der Waals surface area contributed by atoms with E-state index in [0.29, 0.717) is 0 Å². The number of benzene rings is 1. The van der Waals surface area contributed by atoms with Gasteiger partial charge in [0, 0.05) is 34.6 Å². The topological polar surface area (TPSA) is 19.0 Å². The Morgan fingerprint density at radius 1 is 1.12 bits per heavy atom. The molecule has 0 saturated carbocycles. The van der Waals surface area contributed by atoms with Gasteiger partial charge in [-0.05, 0) is 67.8 Å². The largest absolute Gasteiger partial charge is 0.358 e. The van der Waals surface area contributed by atoms with Crippen molar-refractivity contribution in [3.8, 4) is 0 Å². The molecule has 1 aliphatic heterocycles. The molecule has 0 fully saturated rings. The first kappa shape index (κ1) is 16.6. The maximum absolute atomic E-state index is 3.52. The van der Waals surface area contributed by atoms with Crippen molar-refractivity contribution in [2.75, 3.05) is 19.6 Å². The second-order valence-corrected chi connectivity index (χ2v) is 7.94. The highest BCUT2D eigenvalue weighted by molar-refractivity contribution is 7.11. The third kappa shape index (κ3) is 3.73. The van der Waals surface area contributed by atoms with E-state index in [-0.39, 0.29) is 0 Å². The van der Waals surface area contributed by atoms with Crippen molar-refractivity contribution in [2.45, 2.75) is 32.6 Å². The van der Waals surface area contributed by atoms with Crippen LogP contribution in [0.25, 0.3) is 16.5 Å². The zero-order chi connectivity index (χ0) is 17.1. The SMILES string of the molecule is Cc1[nH]c2ccccc2c1CCCCN1CC=C(c2cccs2)CC1. The molecule has 0 atom stereocenters. The second-order valence-electron chi connectivity index (χ2n) is 6.99. The minimum absolute atomic E-state index is 1.11. The highest BCUT2D eigenvalue weighted by Crippen LogP contribution is 2.26. The molecule has 3 heterocycles. The molecule has 3 aromatic rings. The Kier molecular flexibility index (Phi) is 5.04. The number of hydrogen-bond donors (Lipinski definition) is 1. The molecule has 2 aromatic heterocycles. The molecule has 4 rings (SSSR count). The van der Waals surface area contributed by atoms with Crippen molar-refractivity contribution in [1.29, 1.82) is 0 Å². The fourth-order valence-electron chi connectivity index (χ4n) is 3.89. The number of nitrogens with zero attached hydrogens (tertiary/aromatic N) is 1. The first-order valence-corrected chi connectivity index (χ1v) is 10.2. The van der Waals surface area contributed by atoms with Gasteiger partial charge in [-0.15, -0.1) is 11.3 Å². The summed E-state index contributed by atoms with van der Waals surface area (Å²) in [5.41, 5.74) is 5.66. The van der Waals surface area contributed by atoms with Crippen LogP contribution in [0.1, 0.15) is 35.4 Å². The Morgan fingerprint density at radius 3 is 2.84 bits per heavy atom. The lowest BCUT2D eigenvalue weighted by Gasteiger charge is -2.26. The number of unbranched alkanes of at least 4 members (excludes halogenated alkanes) is 1. The van der Waals surface area contributed by atoms with Gasteiger partial charge in [0.2, 0.25) is 0 Å². The van der Waals surface area contributed by atoms with Gasteiger partial charge in [0.05, 0.1) is 0 Å². The van der Waals surface area contributed by atoms with Gasteiger partial charge in [0.1, 0.15) is 0 Å². The van der Waals surface area contributed by atoms with Crippen LogP contribution in [0.4, 0.5) is 0 Å². The maximum Gasteiger partial charge on any atom is 0.0458 e. The van der Waals surface area contributed by atoms with Crippen LogP contribution < -0.4 is 0 Å². The molecule has 0 unspecified atom stereocenters. The number of H-pyrrole nitrogens is 1. The van der Waals surface area contributed by atoms with Crippen molar-refractivity contribution < 1.29 is 0 Å². The van der Waals surface area contributed by atoms with Crippen molar-refractivity contribution in [1.82, 2.24) is 9.88 Å². The van der Waals surface area contributed by atoms with Crippen LogP contribution in [-0.4, -0.2) is 29.5 Å². The third-order valence-corrected chi connectivity index (χ3v) is 6.25. The van der Waals surface area contributed by atoms with Gasteiger partial charge >= 0.3 is 0 Å². The van der Waals surface area contributed by atoms with E-state index in [2.05, 4.69) is 64.7 Å². The van der Waals surface area contributed by atoms with E-state index in [1.807, 2.05) is 11.3 Å². The molecule has 0 radical (unpaired) electrons. The van der Waals surface area contributed by atoms with E-state index in [4.69, 9.17) is 0 Å². The minimum atomic E-state index is 1.11. The number of aryl methyl sites for hydroxylation is 2. The van der Waals surface area contributed by atoms with Gasteiger partial charge in [-0.1, -0.05) is 30.3 Å². The highest BCUT2D eigenvalue weighted by Gasteiger charge is 2.13. The molecule has 25 heavy (non-hydrogen) atoms. The summed E-state index contributed by atoms with van der Waals surface area (Å²) in [6.07, 6.45) is 7.35. The van der Waals surface area contributed by atoms with Crippen LogP contribution in [0.2, 0.25) is 0 Å². The van der Waals surface area contributed by atoms with Crippen molar-refractivity contribution in [3.63, 3.8) is 0 Å². The molecule has 0 saturated heterocycles. The van der Waals surface area contributed by atoms with E-state index in [0.717, 1.165) is 6.54 Å².